The highest BCUT2D eigenvalue weighted by Gasteiger charge is 2.17. The van der Waals surface area contributed by atoms with Crippen molar-refractivity contribution < 1.29 is 0 Å². The summed E-state index contributed by atoms with van der Waals surface area (Å²) in [6.45, 7) is 5.01. The van der Waals surface area contributed by atoms with Crippen molar-refractivity contribution >= 4 is 16.7 Å². The van der Waals surface area contributed by atoms with Crippen molar-refractivity contribution in [2.24, 2.45) is 0 Å². The summed E-state index contributed by atoms with van der Waals surface area (Å²) in [5, 5.41) is 0.679. The normalized spacial score (nSPS) is 11.6. The van der Waals surface area contributed by atoms with E-state index >= 15 is 0 Å². The fourth-order valence-corrected chi connectivity index (χ4v) is 3.18. The van der Waals surface area contributed by atoms with Crippen LogP contribution in [0.2, 0.25) is 0 Å². The molecule has 0 fully saturated rings. The zero-order valence-electron chi connectivity index (χ0n) is 13.8. The van der Waals surface area contributed by atoms with E-state index in [0.717, 1.165) is 11.3 Å². The van der Waals surface area contributed by atoms with Crippen molar-refractivity contribution in [1.29, 1.82) is 0 Å². The van der Waals surface area contributed by atoms with Gasteiger partial charge in [0.1, 0.15) is 11.3 Å². The number of benzene rings is 1. The van der Waals surface area contributed by atoms with Crippen LogP contribution >= 0.6 is 0 Å². The lowest BCUT2D eigenvalue weighted by Crippen LogP contribution is -2.15. The number of hydrogen-bond donors (Lipinski definition) is 0. The van der Waals surface area contributed by atoms with Crippen LogP contribution in [-0.4, -0.2) is 14.0 Å². The van der Waals surface area contributed by atoms with Gasteiger partial charge in [0, 0.05) is 18.4 Å². The average molecular weight is 317 g/mol. The molecule has 120 valence electrons. The molecule has 0 bridgehead atoms. The van der Waals surface area contributed by atoms with Gasteiger partial charge in [0.2, 0.25) is 0 Å². The summed E-state index contributed by atoms with van der Waals surface area (Å²) in [5.41, 5.74) is 3.77. The van der Waals surface area contributed by atoms with Gasteiger partial charge in [-0.25, -0.2) is 4.98 Å². The van der Waals surface area contributed by atoms with Crippen molar-refractivity contribution in [3.8, 4) is 0 Å². The van der Waals surface area contributed by atoms with E-state index in [4.69, 9.17) is 4.98 Å². The number of nitrogens with zero attached hydrogens (tertiary/aromatic N) is 3. The van der Waals surface area contributed by atoms with E-state index < -0.39 is 0 Å². The van der Waals surface area contributed by atoms with Gasteiger partial charge < -0.3 is 4.57 Å². The molecule has 0 aliphatic rings. The predicted molar refractivity (Wildman–Crippen MR) is 96.6 cm³/mol. The fraction of sp³-hybridized carbons (Fsp3) is 0.200. The van der Waals surface area contributed by atoms with Crippen LogP contribution in [0.5, 0.6) is 0 Å². The molecule has 0 radical (unpaired) electrons. The van der Waals surface area contributed by atoms with Crippen LogP contribution in [0.25, 0.3) is 16.7 Å². The fourth-order valence-electron chi connectivity index (χ4n) is 3.18. The molecule has 24 heavy (non-hydrogen) atoms. The van der Waals surface area contributed by atoms with Gasteiger partial charge in [-0.3, -0.25) is 9.20 Å². The Bertz CT molecular complexity index is 1070. The van der Waals surface area contributed by atoms with Crippen molar-refractivity contribution in [2.75, 3.05) is 0 Å². The van der Waals surface area contributed by atoms with Gasteiger partial charge in [-0.15, -0.1) is 0 Å². The van der Waals surface area contributed by atoms with Gasteiger partial charge in [0.05, 0.1) is 5.39 Å². The molecule has 4 rings (SSSR count). The van der Waals surface area contributed by atoms with Gasteiger partial charge in [0.15, 0.2) is 0 Å². The Morgan fingerprint density at radius 1 is 1.04 bits per heavy atom. The van der Waals surface area contributed by atoms with E-state index in [-0.39, 0.29) is 5.56 Å². The summed E-state index contributed by atoms with van der Waals surface area (Å²) >= 11 is 0. The van der Waals surface area contributed by atoms with Crippen molar-refractivity contribution in [2.45, 2.75) is 26.3 Å². The molecule has 0 saturated heterocycles. The van der Waals surface area contributed by atoms with Gasteiger partial charge >= 0.3 is 0 Å². The third kappa shape index (κ3) is 2.31. The van der Waals surface area contributed by atoms with Crippen LogP contribution in [-0.2, 0) is 6.54 Å². The highest BCUT2D eigenvalue weighted by molar-refractivity contribution is 5.79. The summed E-state index contributed by atoms with van der Waals surface area (Å²) in [5.74, 6) is 0.315. The minimum absolute atomic E-state index is 0.00990. The Labute approximate surface area is 140 Å². The largest absolute Gasteiger partial charge is 0.325 e. The molecule has 4 aromatic rings. The lowest BCUT2D eigenvalue weighted by atomic mass is 10.1. The predicted octanol–water partition coefficient (Wildman–Crippen LogP) is 3.82. The first kappa shape index (κ1) is 14.7. The highest BCUT2D eigenvalue weighted by Crippen LogP contribution is 2.24. The lowest BCUT2D eigenvalue weighted by molar-refractivity contribution is 0.705. The first-order valence-corrected chi connectivity index (χ1v) is 8.19. The molecular weight excluding hydrogens is 298 g/mol. The van der Waals surface area contributed by atoms with E-state index in [9.17, 15) is 4.79 Å². The topological polar surface area (TPSA) is 39.3 Å². The van der Waals surface area contributed by atoms with Gasteiger partial charge in [0.25, 0.3) is 5.56 Å². The van der Waals surface area contributed by atoms with Crippen LogP contribution in [0, 0.1) is 0 Å². The standard InChI is InChI=1S/C20H19N3O/c1-14(2)17-12-16-19(23(17)13-15-8-4-3-5-9-15)21-18-10-6-7-11-22(18)20(16)24/h3-12,14H,13H2,1-2H3. The van der Waals surface area contributed by atoms with Crippen LogP contribution in [0.15, 0.2) is 65.6 Å². The molecule has 4 heteroatoms. The zero-order valence-corrected chi connectivity index (χ0v) is 13.8. The Morgan fingerprint density at radius 2 is 1.79 bits per heavy atom. The van der Waals surface area contributed by atoms with E-state index in [1.165, 1.54) is 5.56 Å². The van der Waals surface area contributed by atoms with Crippen molar-refractivity contribution in [1.82, 2.24) is 14.0 Å². The monoisotopic (exact) mass is 317 g/mol. The summed E-state index contributed by atoms with van der Waals surface area (Å²) in [6.07, 6.45) is 1.77. The van der Waals surface area contributed by atoms with E-state index in [1.807, 2.05) is 42.5 Å². The molecule has 1 aromatic carbocycles. The molecule has 4 nitrogen and oxygen atoms in total. The number of aromatic nitrogens is 3. The molecule has 0 aliphatic carbocycles. The maximum atomic E-state index is 12.8. The quantitative estimate of drug-likeness (QED) is 0.576. The van der Waals surface area contributed by atoms with E-state index in [0.29, 0.717) is 23.5 Å². The average Bonchev–Trinajstić information content (AvgIpc) is 2.95. The zero-order chi connectivity index (χ0) is 16.7. The van der Waals surface area contributed by atoms with Crippen LogP contribution < -0.4 is 5.56 Å². The molecular formula is C20H19N3O. The molecule has 0 amide bonds. The number of fused-ring (bicyclic) bond motifs is 2. The van der Waals surface area contributed by atoms with Gasteiger partial charge in [-0.05, 0) is 29.7 Å². The SMILES string of the molecule is CC(C)c1cc2c(=O)n3ccccc3nc2n1Cc1ccccc1. The molecule has 0 N–H and O–H groups in total. The minimum Gasteiger partial charge on any atom is -0.325 e. The maximum absolute atomic E-state index is 12.8. The van der Waals surface area contributed by atoms with Crippen molar-refractivity contribution in [3.63, 3.8) is 0 Å². The second-order valence-electron chi connectivity index (χ2n) is 6.38. The smallest absolute Gasteiger partial charge is 0.267 e. The Hall–Kier alpha value is -2.88. The maximum Gasteiger partial charge on any atom is 0.267 e. The molecule has 3 aromatic heterocycles. The third-order valence-electron chi connectivity index (χ3n) is 4.38. The molecule has 3 heterocycles. The van der Waals surface area contributed by atoms with E-state index in [1.54, 1.807) is 10.6 Å². The molecule has 0 spiro atoms. The van der Waals surface area contributed by atoms with Crippen LogP contribution in [0.3, 0.4) is 0 Å². The summed E-state index contributed by atoms with van der Waals surface area (Å²) in [7, 11) is 0. The van der Waals surface area contributed by atoms with Crippen molar-refractivity contribution in [3.05, 3.63) is 82.4 Å². The Balaban J connectivity index is 2.03. The minimum atomic E-state index is -0.00990. The van der Waals surface area contributed by atoms with Crippen LogP contribution in [0.1, 0.15) is 31.0 Å². The summed E-state index contributed by atoms with van der Waals surface area (Å²) in [4.78, 5) is 17.6. The second-order valence-corrected chi connectivity index (χ2v) is 6.38. The number of pyridine rings is 1. The summed E-state index contributed by atoms with van der Waals surface area (Å²) < 4.78 is 3.78. The van der Waals surface area contributed by atoms with E-state index in [2.05, 4.69) is 30.5 Å². The highest BCUT2D eigenvalue weighted by atomic mass is 16.1. The Morgan fingerprint density at radius 3 is 2.54 bits per heavy atom. The van der Waals surface area contributed by atoms with Gasteiger partial charge in [-0.2, -0.15) is 0 Å². The summed E-state index contributed by atoms with van der Waals surface area (Å²) in [6, 6.07) is 17.9. The Kier molecular flexibility index (Phi) is 3.45. The molecule has 0 unspecified atom stereocenters. The van der Waals surface area contributed by atoms with Crippen LogP contribution in [0.4, 0.5) is 0 Å². The molecule has 0 saturated carbocycles. The van der Waals surface area contributed by atoms with Gasteiger partial charge in [-0.1, -0.05) is 50.2 Å². The lowest BCUT2D eigenvalue weighted by Gasteiger charge is -2.13. The second kappa shape index (κ2) is 5.64. The first-order valence-electron chi connectivity index (χ1n) is 8.19. The third-order valence-corrected chi connectivity index (χ3v) is 4.38. The first-order chi connectivity index (χ1) is 11.6. The molecule has 0 aliphatic heterocycles. The number of hydrogen-bond acceptors (Lipinski definition) is 2. The molecule has 0 atom stereocenters. The number of rotatable bonds is 3.